The van der Waals surface area contributed by atoms with Crippen LogP contribution in [0.3, 0.4) is 0 Å². The van der Waals surface area contributed by atoms with Gasteiger partial charge in [0, 0.05) is 11.3 Å². The zero-order chi connectivity index (χ0) is 15.7. The normalized spacial score (nSPS) is 19.8. The van der Waals surface area contributed by atoms with Gasteiger partial charge in [-0.05, 0) is 35.6 Å². The number of hydrogen-bond acceptors (Lipinski definition) is 3. The first-order chi connectivity index (χ1) is 10.6. The maximum atomic E-state index is 12.5. The molecule has 0 unspecified atom stereocenters. The molecule has 0 fully saturated rings. The average Bonchev–Trinajstić information content (AvgIpc) is 2.84. The molecule has 1 aliphatic rings. The number of aliphatic hydroxyl groups excluding tert-OH is 1. The van der Waals surface area contributed by atoms with Gasteiger partial charge in [-0.1, -0.05) is 35.9 Å². The summed E-state index contributed by atoms with van der Waals surface area (Å²) < 4.78 is 0. The fraction of sp³-hybridized carbons (Fsp3) is 0.235. The van der Waals surface area contributed by atoms with E-state index in [1.165, 1.54) is 0 Å². The summed E-state index contributed by atoms with van der Waals surface area (Å²) >= 11 is 7.69. The largest absolute Gasteiger partial charge is 0.390 e. The Hall–Kier alpha value is -1.49. The molecule has 0 aromatic heterocycles. The van der Waals surface area contributed by atoms with E-state index in [1.54, 1.807) is 23.9 Å². The monoisotopic (exact) mass is 333 g/mol. The fourth-order valence-electron chi connectivity index (χ4n) is 2.77. The topological polar surface area (TPSA) is 49.3 Å². The maximum Gasteiger partial charge on any atom is 0.253 e. The number of hydrogen-bond donors (Lipinski definition) is 2. The minimum absolute atomic E-state index is 0.262. The van der Waals surface area contributed by atoms with Gasteiger partial charge in [-0.3, -0.25) is 4.79 Å². The summed E-state index contributed by atoms with van der Waals surface area (Å²) in [5, 5.41) is 13.5. The zero-order valence-corrected chi connectivity index (χ0v) is 13.6. The number of aliphatic hydroxyl groups is 1. The number of fused-ring (bicyclic) bond motifs is 1. The van der Waals surface area contributed by atoms with E-state index in [1.807, 2.05) is 36.6 Å². The van der Waals surface area contributed by atoms with E-state index in [9.17, 15) is 9.90 Å². The lowest BCUT2D eigenvalue weighted by Gasteiger charge is -2.18. The van der Waals surface area contributed by atoms with Gasteiger partial charge in [-0.2, -0.15) is 0 Å². The van der Waals surface area contributed by atoms with Gasteiger partial charge in [-0.15, -0.1) is 11.8 Å². The van der Waals surface area contributed by atoms with Crippen molar-refractivity contribution in [1.29, 1.82) is 0 Å². The third kappa shape index (κ3) is 2.86. The predicted molar refractivity (Wildman–Crippen MR) is 89.6 cm³/mol. The van der Waals surface area contributed by atoms with E-state index in [-0.39, 0.29) is 5.91 Å². The SMILES string of the molecule is CSc1ccc(Cl)c(C(=O)N[C@@H]2c3ccccc3C[C@@H]2O)c1. The van der Waals surface area contributed by atoms with Crippen molar-refractivity contribution in [2.45, 2.75) is 23.5 Å². The first kappa shape index (κ1) is 15.4. The van der Waals surface area contributed by atoms with Crippen LogP contribution in [-0.4, -0.2) is 23.4 Å². The van der Waals surface area contributed by atoms with E-state index in [4.69, 9.17) is 11.6 Å². The Morgan fingerprint density at radius 1 is 1.32 bits per heavy atom. The van der Waals surface area contributed by atoms with Crippen LogP contribution in [-0.2, 0) is 6.42 Å². The highest BCUT2D eigenvalue weighted by Gasteiger charge is 2.32. The Morgan fingerprint density at radius 3 is 2.86 bits per heavy atom. The van der Waals surface area contributed by atoms with Crippen LogP contribution in [0, 0.1) is 0 Å². The molecule has 2 aromatic carbocycles. The van der Waals surface area contributed by atoms with Crippen LogP contribution in [0.1, 0.15) is 27.5 Å². The van der Waals surface area contributed by atoms with Gasteiger partial charge < -0.3 is 10.4 Å². The maximum absolute atomic E-state index is 12.5. The first-order valence-corrected chi connectivity index (χ1v) is 8.60. The van der Waals surface area contributed by atoms with Gasteiger partial charge in [-0.25, -0.2) is 0 Å². The van der Waals surface area contributed by atoms with Crippen LogP contribution in [0.2, 0.25) is 5.02 Å². The average molecular weight is 334 g/mol. The lowest BCUT2D eigenvalue weighted by Crippen LogP contribution is -2.34. The van der Waals surface area contributed by atoms with Crippen molar-refractivity contribution in [2.24, 2.45) is 0 Å². The van der Waals surface area contributed by atoms with Crippen LogP contribution in [0.15, 0.2) is 47.4 Å². The summed E-state index contributed by atoms with van der Waals surface area (Å²) in [6.07, 6.45) is 1.89. The van der Waals surface area contributed by atoms with Crippen molar-refractivity contribution in [2.75, 3.05) is 6.26 Å². The molecule has 3 rings (SSSR count). The number of rotatable bonds is 3. The number of halogens is 1. The van der Waals surface area contributed by atoms with Crippen LogP contribution in [0.5, 0.6) is 0 Å². The predicted octanol–water partition coefficient (Wildman–Crippen LogP) is 3.45. The fourth-order valence-corrected chi connectivity index (χ4v) is 3.42. The standard InChI is InChI=1S/C17H16ClNO2S/c1-22-11-6-7-14(18)13(9-11)17(21)19-16-12-5-3-2-4-10(12)8-15(16)20/h2-7,9,15-16,20H,8H2,1H3,(H,19,21)/t15-,16+/m0/s1. The third-order valence-corrected chi connectivity index (χ3v) is 4.96. The number of carbonyl (C=O) groups excluding carboxylic acids is 1. The van der Waals surface area contributed by atoms with E-state index in [0.717, 1.165) is 16.0 Å². The molecule has 0 aliphatic heterocycles. The molecular weight excluding hydrogens is 318 g/mol. The van der Waals surface area contributed by atoms with Crippen molar-refractivity contribution >= 4 is 29.3 Å². The molecule has 5 heteroatoms. The number of nitrogens with one attached hydrogen (secondary N) is 1. The summed E-state index contributed by atoms with van der Waals surface area (Å²) in [5.41, 5.74) is 2.48. The molecule has 2 atom stereocenters. The van der Waals surface area contributed by atoms with E-state index >= 15 is 0 Å². The summed E-state index contributed by atoms with van der Waals surface area (Å²) in [4.78, 5) is 13.5. The van der Waals surface area contributed by atoms with Crippen LogP contribution in [0.25, 0.3) is 0 Å². The number of benzene rings is 2. The molecule has 0 heterocycles. The van der Waals surface area contributed by atoms with Crippen molar-refractivity contribution in [3.05, 3.63) is 64.2 Å². The van der Waals surface area contributed by atoms with Gasteiger partial charge in [0.2, 0.25) is 0 Å². The van der Waals surface area contributed by atoms with E-state index in [2.05, 4.69) is 5.32 Å². The molecule has 1 amide bonds. The Bertz CT molecular complexity index is 720. The van der Waals surface area contributed by atoms with Gasteiger partial charge >= 0.3 is 0 Å². The van der Waals surface area contributed by atoms with Crippen molar-refractivity contribution in [3.8, 4) is 0 Å². The lowest BCUT2D eigenvalue weighted by atomic mass is 10.1. The Kier molecular flexibility index (Phi) is 4.43. The molecule has 1 aliphatic carbocycles. The molecular formula is C17H16ClNO2S. The van der Waals surface area contributed by atoms with Gasteiger partial charge in [0.05, 0.1) is 22.7 Å². The van der Waals surface area contributed by atoms with E-state index in [0.29, 0.717) is 17.0 Å². The van der Waals surface area contributed by atoms with Crippen molar-refractivity contribution in [3.63, 3.8) is 0 Å². The van der Waals surface area contributed by atoms with Crippen molar-refractivity contribution < 1.29 is 9.90 Å². The van der Waals surface area contributed by atoms with Gasteiger partial charge in [0.1, 0.15) is 0 Å². The van der Waals surface area contributed by atoms with Crippen molar-refractivity contribution in [1.82, 2.24) is 5.32 Å². The van der Waals surface area contributed by atoms with Crippen LogP contribution in [0.4, 0.5) is 0 Å². The first-order valence-electron chi connectivity index (χ1n) is 7.00. The Balaban J connectivity index is 1.86. The minimum atomic E-state index is -0.608. The molecule has 2 N–H and O–H groups in total. The molecule has 0 radical (unpaired) electrons. The molecule has 0 saturated carbocycles. The molecule has 0 spiro atoms. The highest BCUT2D eigenvalue weighted by molar-refractivity contribution is 7.98. The zero-order valence-electron chi connectivity index (χ0n) is 12.0. The minimum Gasteiger partial charge on any atom is -0.390 e. The molecule has 3 nitrogen and oxygen atoms in total. The lowest BCUT2D eigenvalue weighted by molar-refractivity contribution is 0.0858. The molecule has 0 bridgehead atoms. The summed E-state index contributed by atoms with van der Waals surface area (Å²) in [6.45, 7) is 0. The molecule has 2 aromatic rings. The smallest absolute Gasteiger partial charge is 0.253 e. The summed E-state index contributed by atoms with van der Waals surface area (Å²) in [5.74, 6) is -0.262. The number of amides is 1. The number of thioether (sulfide) groups is 1. The second-order valence-corrected chi connectivity index (χ2v) is 6.55. The Morgan fingerprint density at radius 2 is 2.09 bits per heavy atom. The molecule has 22 heavy (non-hydrogen) atoms. The second-order valence-electron chi connectivity index (χ2n) is 5.27. The van der Waals surface area contributed by atoms with Crippen LogP contribution >= 0.6 is 23.4 Å². The van der Waals surface area contributed by atoms with Gasteiger partial charge in [0.15, 0.2) is 0 Å². The summed E-state index contributed by atoms with van der Waals surface area (Å²) in [7, 11) is 0. The van der Waals surface area contributed by atoms with E-state index < -0.39 is 12.1 Å². The third-order valence-electron chi connectivity index (χ3n) is 3.91. The number of carbonyl (C=O) groups is 1. The summed E-state index contributed by atoms with van der Waals surface area (Å²) in [6, 6.07) is 12.8. The highest BCUT2D eigenvalue weighted by Crippen LogP contribution is 2.32. The highest BCUT2D eigenvalue weighted by atomic mass is 35.5. The Labute approximate surface area is 138 Å². The second kappa shape index (κ2) is 6.32. The van der Waals surface area contributed by atoms with Gasteiger partial charge in [0.25, 0.3) is 5.91 Å². The molecule has 0 saturated heterocycles. The molecule has 114 valence electrons. The van der Waals surface area contributed by atoms with Crippen LogP contribution < -0.4 is 5.32 Å². The quantitative estimate of drug-likeness (QED) is 0.846.